The van der Waals surface area contributed by atoms with Gasteiger partial charge >= 0.3 is 6.09 Å². The highest BCUT2D eigenvalue weighted by Crippen LogP contribution is 2.08. The van der Waals surface area contributed by atoms with Crippen LogP contribution >= 0.6 is 12.6 Å². The second-order valence-corrected chi connectivity index (χ2v) is 4.77. The number of nitrogens with one attached hydrogen (secondary N) is 1. The van der Waals surface area contributed by atoms with Crippen LogP contribution < -0.4 is 5.32 Å². The predicted octanol–water partition coefficient (Wildman–Crippen LogP) is 2.14. The summed E-state index contributed by atoms with van der Waals surface area (Å²) >= 11 is 3.70. The Balaban J connectivity index is 4.18. The molecule has 0 aliphatic rings. The molecule has 5 heteroatoms. The Hall–Kier alpha value is -0.710. The van der Waals surface area contributed by atoms with E-state index in [9.17, 15) is 9.59 Å². The smallest absolute Gasteiger partial charge is 0.408 e. The molecule has 15 heavy (non-hydrogen) atoms. The van der Waals surface area contributed by atoms with E-state index in [0.29, 0.717) is 6.42 Å². The standard InChI is InChI=1S/C10H19NO3S/c1-5-6-7(8(12)15)11-9(13)14-10(2,3)4/h7H,5-6H2,1-4H3,(H,11,13)(H,12,15)/t7-/m1/s1. The minimum absolute atomic E-state index is 0.345. The maximum Gasteiger partial charge on any atom is 0.408 e. The summed E-state index contributed by atoms with van der Waals surface area (Å²) in [5.74, 6) is 0. The number of carbonyl (C=O) groups excluding carboxylic acids is 2. The third-order valence-electron chi connectivity index (χ3n) is 1.57. The van der Waals surface area contributed by atoms with Gasteiger partial charge in [0.25, 0.3) is 0 Å². The number of hydrogen-bond acceptors (Lipinski definition) is 3. The number of hydrogen-bond donors (Lipinski definition) is 2. The van der Waals surface area contributed by atoms with Gasteiger partial charge < -0.3 is 10.1 Å². The van der Waals surface area contributed by atoms with Crippen molar-refractivity contribution in [1.29, 1.82) is 0 Å². The lowest BCUT2D eigenvalue weighted by atomic mass is 10.2. The molecule has 0 unspecified atom stereocenters. The molecule has 0 aromatic heterocycles. The molecular weight excluding hydrogens is 214 g/mol. The van der Waals surface area contributed by atoms with Crippen LogP contribution in [0.15, 0.2) is 0 Å². The second kappa shape index (κ2) is 6.00. The van der Waals surface area contributed by atoms with E-state index in [-0.39, 0.29) is 5.12 Å². The molecule has 0 rings (SSSR count). The largest absolute Gasteiger partial charge is 0.444 e. The highest BCUT2D eigenvalue weighted by molar-refractivity contribution is 7.96. The van der Waals surface area contributed by atoms with Gasteiger partial charge in [0.05, 0.1) is 0 Å². The van der Waals surface area contributed by atoms with E-state index in [2.05, 4.69) is 17.9 Å². The van der Waals surface area contributed by atoms with E-state index in [4.69, 9.17) is 4.74 Å². The SMILES string of the molecule is CCC[C@@H](NC(=O)OC(C)(C)C)C(=O)S. The number of thiol groups is 1. The van der Waals surface area contributed by atoms with Gasteiger partial charge in [-0.15, -0.1) is 12.6 Å². The topological polar surface area (TPSA) is 55.4 Å². The first-order chi connectivity index (χ1) is 6.76. The van der Waals surface area contributed by atoms with Crippen molar-refractivity contribution in [2.24, 2.45) is 0 Å². The van der Waals surface area contributed by atoms with Crippen molar-refractivity contribution < 1.29 is 14.3 Å². The number of ether oxygens (including phenoxy) is 1. The highest BCUT2D eigenvalue weighted by Gasteiger charge is 2.21. The minimum Gasteiger partial charge on any atom is -0.444 e. The maximum atomic E-state index is 11.3. The van der Waals surface area contributed by atoms with Gasteiger partial charge in [0.15, 0.2) is 0 Å². The normalized spacial score (nSPS) is 13.1. The molecule has 0 fully saturated rings. The first-order valence-corrected chi connectivity index (χ1v) is 5.43. The van der Waals surface area contributed by atoms with E-state index < -0.39 is 17.7 Å². The Kier molecular flexibility index (Phi) is 5.72. The number of carbonyl (C=O) groups is 2. The van der Waals surface area contributed by atoms with Crippen LogP contribution in [-0.4, -0.2) is 22.9 Å². The van der Waals surface area contributed by atoms with Crippen LogP contribution in [-0.2, 0) is 9.53 Å². The predicted molar refractivity (Wildman–Crippen MR) is 62.1 cm³/mol. The summed E-state index contributed by atoms with van der Waals surface area (Å²) in [7, 11) is 0. The lowest BCUT2D eigenvalue weighted by molar-refractivity contribution is -0.112. The Morgan fingerprint density at radius 2 is 1.93 bits per heavy atom. The molecule has 0 radical (unpaired) electrons. The van der Waals surface area contributed by atoms with E-state index in [1.165, 1.54) is 0 Å². The molecule has 0 saturated heterocycles. The van der Waals surface area contributed by atoms with Crippen molar-refractivity contribution in [1.82, 2.24) is 5.32 Å². The number of amides is 1. The van der Waals surface area contributed by atoms with Crippen molar-refractivity contribution >= 4 is 23.8 Å². The number of alkyl carbamates (subject to hydrolysis) is 1. The monoisotopic (exact) mass is 233 g/mol. The molecule has 1 N–H and O–H groups in total. The van der Waals surface area contributed by atoms with Crippen LogP contribution in [0.25, 0.3) is 0 Å². The first kappa shape index (κ1) is 14.3. The molecule has 0 heterocycles. The maximum absolute atomic E-state index is 11.3. The molecule has 0 saturated carbocycles. The Labute approximate surface area is 96.2 Å². The molecule has 0 aromatic carbocycles. The van der Waals surface area contributed by atoms with E-state index in [1.54, 1.807) is 20.8 Å². The van der Waals surface area contributed by atoms with Crippen molar-refractivity contribution in [2.45, 2.75) is 52.2 Å². The zero-order valence-electron chi connectivity index (χ0n) is 9.66. The van der Waals surface area contributed by atoms with Gasteiger partial charge in [-0.3, -0.25) is 4.79 Å². The van der Waals surface area contributed by atoms with Crippen LogP contribution in [0.4, 0.5) is 4.79 Å². The molecular formula is C10H19NO3S. The van der Waals surface area contributed by atoms with E-state index in [0.717, 1.165) is 6.42 Å². The molecule has 1 atom stereocenters. The van der Waals surface area contributed by atoms with Gasteiger partial charge in [-0.2, -0.15) is 0 Å². The van der Waals surface area contributed by atoms with Gasteiger partial charge in [0, 0.05) is 0 Å². The zero-order chi connectivity index (χ0) is 12.1. The fourth-order valence-corrected chi connectivity index (χ4v) is 1.19. The zero-order valence-corrected chi connectivity index (χ0v) is 10.6. The average molecular weight is 233 g/mol. The average Bonchev–Trinajstić information content (AvgIpc) is 1.99. The molecule has 0 aliphatic heterocycles. The quantitative estimate of drug-likeness (QED) is 0.731. The Bertz CT molecular complexity index is 235. The van der Waals surface area contributed by atoms with E-state index >= 15 is 0 Å². The van der Waals surface area contributed by atoms with Crippen LogP contribution in [0.2, 0.25) is 0 Å². The summed E-state index contributed by atoms with van der Waals surface area (Å²) in [6.07, 6.45) is 0.789. The summed E-state index contributed by atoms with van der Waals surface area (Å²) in [5.41, 5.74) is -0.555. The van der Waals surface area contributed by atoms with Crippen molar-refractivity contribution in [3.63, 3.8) is 0 Å². The molecule has 0 bridgehead atoms. The fourth-order valence-electron chi connectivity index (χ4n) is 0.996. The lowest BCUT2D eigenvalue weighted by Crippen LogP contribution is -2.42. The molecule has 4 nitrogen and oxygen atoms in total. The van der Waals surface area contributed by atoms with E-state index in [1.807, 2.05) is 6.92 Å². The molecule has 1 amide bonds. The lowest BCUT2D eigenvalue weighted by Gasteiger charge is -2.22. The van der Waals surface area contributed by atoms with Crippen molar-refractivity contribution in [2.75, 3.05) is 0 Å². The van der Waals surface area contributed by atoms with Gasteiger partial charge in [0.1, 0.15) is 11.6 Å². The fraction of sp³-hybridized carbons (Fsp3) is 0.800. The number of rotatable bonds is 4. The summed E-state index contributed by atoms with van der Waals surface area (Å²) < 4.78 is 5.03. The van der Waals surface area contributed by atoms with Gasteiger partial charge in [-0.1, -0.05) is 13.3 Å². The van der Waals surface area contributed by atoms with Crippen LogP contribution in [0.1, 0.15) is 40.5 Å². The Morgan fingerprint density at radius 1 is 1.40 bits per heavy atom. The summed E-state index contributed by atoms with van der Waals surface area (Å²) in [6.45, 7) is 7.23. The van der Waals surface area contributed by atoms with Gasteiger partial charge in [0.2, 0.25) is 5.12 Å². The molecule has 88 valence electrons. The third kappa shape index (κ3) is 7.25. The van der Waals surface area contributed by atoms with Crippen molar-refractivity contribution in [3.8, 4) is 0 Å². The summed E-state index contributed by atoms with van der Waals surface area (Å²) in [4.78, 5) is 22.4. The Morgan fingerprint density at radius 3 is 2.27 bits per heavy atom. The van der Waals surface area contributed by atoms with Crippen molar-refractivity contribution in [3.05, 3.63) is 0 Å². The van der Waals surface area contributed by atoms with Crippen LogP contribution in [0.3, 0.4) is 0 Å². The molecule has 0 aromatic rings. The molecule has 0 aliphatic carbocycles. The minimum atomic E-state index is -0.580. The molecule has 0 spiro atoms. The highest BCUT2D eigenvalue weighted by atomic mass is 32.1. The van der Waals surface area contributed by atoms with Gasteiger partial charge in [-0.05, 0) is 27.2 Å². The van der Waals surface area contributed by atoms with Crippen LogP contribution in [0, 0.1) is 0 Å². The van der Waals surface area contributed by atoms with Gasteiger partial charge in [-0.25, -0.2) is 4.79 Å². The second-order valence-electron chi connectivity index (χ2n) is 4.33. The first-order valence-electron chi connectivity index (χ1n) is 4.98. The van der Waals surface area contributed by atoms with Crippen LogP contribution in [0.5, 0.6) is 0 Å². The summed E-state index contributed by atoms with van der Waals surface area (Å²) in [5, 5.41) is 2.14. The third-order valence-corrected chi connectivity index (χ3v) is 1.88. The summed E-state index contributed by atoms with van der Waals surface area (Å²) in [6, 6.07) is -0.562.